The third kappa shape index (κ3) is 2.28. The van der Waals surface area contributed by atoms with Gasteiger partial charge in [-0.1, -0.05) is 34.6 Å². The molecule has 0 aliphatic heterocycles. The van der Waals surface area contributed by atoms with E-state index in [1.54, 1.807) is 0 Å². The number of ether oxygens (including phenoxy) is 1. The molecular formula is C19H36N2O2. The monoisotopic (exact) mass is 324 g/mol. The van der Waals surface area contributed by atoms with Gasteiger partial charge in [-0.3, -0.25) is 9.69 Å². The van der Waals surface area contributed by atoms with Crippen molar-refractivity contribution in [2.45, 2.75) is 66.3 Å². The van der Waals surface area contributed by atoms with E-state index in [2.05, 4.69) is 39.5 Å². The average molecular weight is 325 g/mol. The van der Waals surface area contributed by atoms with E-state index in [1.807, 2.05) is 6.92 Å². The first-order valence-corrected chi connectivity index (χ1v) is 9.38. The summed E-state index contributed by atoms with van der Waals surface area (Å²) in [6.45, 7) is 16.2. The van der Waals surface area contributed by atoms with Gasteiger partial charge in [0.2, 0.25) is 0 Å². The minimum Gasteiger partial charge on any atom is -0.466 e. The highest BCUT2D eigenvalue weighted by Gasteiger charge is 2.72. The summed E-state index contributed by atoms with van der Waals surface area (Å²) in [6.07, 6.45) is 3.52. The molecule has 0 spiro atoms. The first-order chi connectivity index (χ1) is 10.8. The van der Waals surface area contributed by atoms with Crippen molar-refractivity contribution in [1.29, 1.82) is 0 Å². The van der Waals surface area contributed by atoms with Crippen LogP contribution in [0.4, 0.5) is 0 Å². The normalized spacial score (nSPS) is 36.4. The largest absolute Gasteiger partial charge is 0.466 e. The molecule has 0 heterocycles. The van der Waals surface area contributed by atoms with E-state index in [4.69, 9.17) is 10.5 Å². The van der Waals surface area contributed by atoms with Crippen LogP contribution in [0.2, 0.25) is 0 Å². The molecule has 2 N–H and O–H groups in total. The van der Waals surface area contributed by atoms with Gasteiger partial charge in [0.05, 0.1) is 12.5 Å². The van der Waals surface area contributed by atoms with Crippen molar-refractivity contribution in [1.82, 2.24) is 4.90 Å². The number of hydrogen-bond acceptors (Lipinski definition) is 4. The molecule has 2 aliphatic carbocycles. The van der Waals surface area contributed by atoms with Crippen molar-refractivity contribution in [2.24, 2.45) is 28.4 Å². The molecule has 23 heavy (non-hydrogen) atoms. The van der Waals surface area contributed by atoms with Gasteiger partial charge in [0.25, 0.3) is 0 Å². The Morgan fingerprint density at radius 3 is 2.22 bits per heavy atom. The van der Waals surface area contributed by atoms with Gasteiger partial charge < -0.3 is 10.5 Å². The third-order valence-corrected chi connectivity index (χ3v) is 7.66. The van der Waals surface area contributed by atoms with Gasteiger partial charge in [-0.15, -0.1) is 0 Å². The quantitative estimate of drug-likeness (QED) is 0.731. The van der Waals surface area contributed by atoms with E-state index in [9.17, 15) is 4.79 Å². The number of carbonyl (C=O) groups excluding carboxylic acids is 1. The van der Waals surface area contributed by atoms with Gasteiger partial charge in [-0.25, -0.2) is 0 Å². The van der Waals surface area contributed by atoms with Gasteiger partial charge in [-0.05, 0) is 56.0 Å². The summed E-state index contributed by atoms with van der Waals surface area (Å²) < 4.78 is 5.45. The van der Waals surface area contributed by atoms with Crippen LogP contribution in [0.1, 0.15) is 60.8 Å². The molecule has 0 radical (unpaired) electrons. The molecule has 0 amide bonds. The van der Waals surface area contributed by atoms with Crippen LogP contribution in [0, 0.1) is 22.7 Å². The third-order valence-electron chi connectivity index (χ3n) is 7.66. The fourth-order valence-electron chi connectivity index (χ4n) is 6.07. The maximum Gasteiger partial charge on any atom is 0.312 e. The molecule has 0 aromatic heterocycles. The Hall–Kier alpha value is -0.610. The number of carbonyl (C=O) groups is 1. The zero-order valence-corrected chi connectivity index (χ0v) is 15.9. The van der Waals surface area contributed by atoms with Crippen molar-refractivity contribution < 1.29 is 9.53 Å². The van der Waals surface area contributed by atoms with Gasteiger partial charge in [0.15, 0.2) is 0 Å². The molecule has 4 nitrogen and oxygen atoms in total. The topological polar surface area (TPSA) is 55.6 Å². The van der Waals surface area contributed by atoms with Crippen molar-refractivity contribution in [3.05, 3.63) is 0 Å². The number of fused-ring (bicyclic) bond motifs is 2. The second-order valence-electron chi connectivity index (χ2n) is 8.13. The average Bonchev–Trinajstić information content (AvgIpc) is 2.82. The van der Waals surface area contributed by atoms with Crippen molar-refractivity contribution in [3.63, 3.8) is 0 Å². The van der Waals surface area contributed by atoms with Crippen LogP contribution in [0.3, 0.4) is 0 Å². The van der Waals surface area contributed by atoms with Gasteiger partial charge in [0.1, 0.15) is 0 Å². The van der Waals surface area contributed by atoms with E-state index in [-0.39, 0.29) is 28.3 Å². The molecule has 0 aromatic rings. The number of hydrogen-bond donors (Lipinski definition) is 1. The SMILES string of the molecule is CCOC(=O)[C@H](CN)[C@@]1(N(CC)CC)C[C@H]2CC[C@]1(C)C2(C)C. The number of nitrogens with zero attached hydrogens (tertiary/aromatic N) is 1. The van der Waals surface area contributed by atoms with Crippen LogP contribution in [-0.2, 0) is 9.53 Å². The lowest BCUT2D eigenvalue weighted by Gasteiger charge is -2.57. The Morgan fingerprint density at radius 2 is 1.87 bits per heavy atom. The minimum absolute atomic E-state index is 0.0908. The molecule has 2 bridgehead atoms. The van der Waals surface area contributed by atoms with E-state index in [0.29, 0.717) is 19.1 Å². The molecule has 134 valence electrons. The highest BCUT2D eigenvalue weighted by atomic mass is 16.5. The lowest BCUT2D eigenvalue weighted by Crippen LogP contribution is -2.66. The maximum atomic E-state index is 12.8. The van der Waals surface area contributed by atoms with E-state index in [1.165, 1.54) is 12.8 Å². The molecule has 4 atom stereocenters. The second kappa shape index (κ2) is 6.36. The summed E-state index contributed by atoms with van der Waals surface area (Å²) in [4.78, 5) is 15.3. The highest BCUT2D eigenvalue weighted by molar-refractivity contribution is 5.75. The number of esters is 1. The van der Waals surface area contributed by atoms with Gasteiger partial charge >= 0.3 is 5.97 Å². The summed E-state index contributed by atoms with van der Waals surface area (Å²) in [5.41, 5.74) is 6.31. The summed E-state index contributed by atoms with van der Waals surface area (Å²) in [6, 6.07) is 0. The smallest absolute Gasteiger partial charge is 0.312 e. The van der Waals surface area contributed by atoms with E-state index >= 15 is 0 Å². The second-order valence-corrected chi connectivity index (χ2v) is 8.13. The Kier molecular flexibility index (Phi) is 5.18. The molecule has 2 fully saturated rings. The lowest BCUT2D eigenvalue weighted by atomic mass is 9.57. The molecular weight excluding hydrogens is 288 g/mol. The van der Waals surface area contributed by atoms with Crippen molar-refractivity contribution >= 4 is 5.97 Å². The zero-order valence-electron chi connectivity index (χ0n) is 15.9. The lowest BCUT2D eigenvalue weighted by molar-refractivity contribution is -0.162. The van der Waals surface area contributed by atoms with E-state index in [0.717, 1.165) is 19.5 Å². The maximum absolute atomic E-state index is 12.8. The fourth-order valence-corrected chi connectivity index (χ4v) is 6.07. The molecule has 4 heteroatoms. The fraction of sp³-hybridized carbons (Fsp3) is 0.947. The van der Waals surface area contributed by atoms with E-state index < -0.39 is 0 Å². The van der Waals surface area contributed by atoms with Crippen LogP contribution < -0.4 is 5.73 Å². The Morgan fingerprint density at radius 1 is 1.26 bits per heavy atom. The molecule has 0 unspecified atom stereocenters. The zero-order chi connectivity index (χ0) is 17.5. The van der Waals surface area contributed by atoms with Crippen LogP contribution >= 0.6 is 0 Å². The summed E-state index contributed by atoms with van der Waals surface area (Å²) in [5.74, 6) is 0.319. The van der Waals surface area contributed by atoms with Crippen molar-refractivity contribution in [3.8, 4) is 0 Å². The van der Waals surface area contributed by atoms with Crippen LogP contribution in [0.15, 0.2) is 0 Å². The summed E-state index contributed by atoms with van der Waals surface area (Å²) in [7, 11) is 0. The van der Waals surface area contributed by atoms with Crippen LogP contribution in [0.5, 0.6) is 0 Å². The molecule has 0 aromatic carbocycles. The minimum atomic E-state index is -0.239. The highest BCUT2D eigenvalue weighted by Crippen LogP contribution is 2.72. The molecule has 2 rings (SSSR count). The van der Waals surface area contributed by atoms with Gasteiger partial charge in [0, 0.05) is 12.1 Å². The van der Waals surface area contributed by atoms with Gasteiger partial charge in [-0.2, -0.15) is 0 Å². The predicted molar refractivity (Wildman–Crippen MR) is 94.1 cm³/mol. The number of nitrogens with two attached hydrogens (primary N) is 1. The van der Waals surface area contributed by atoms with Crippen LogP contribution in [0.25, 0.3) is 0 Å². The van der Waals surface area contributed by atoms with Crippen LogP contribution in [-0.4, -0.2) is 42.6 Å². The summed E-state index contributed by atoms with van der Waals surface area (Å²) in [5, 5.41) is 0. The summed E-state index contributed by atoms with van der Waals surface area (Å²) >= 11 is 0. The molecule has 2 aliphatic rings. The Labute approximate surface area is 142 Å². The first kappa shape index (κ1) is 18.7. The van der Waals surface area contributed by atoms with Crippen molar-refractivity contribution in [2.75, 3.05) is 26.2 Å². The Balaban J connectivity index is 2.57. The number of rotatable bonds is 7. The first-order valence-electron chi connectivity index (χ1n) is 9.38. The standard InChI is InChI=1S/C19H36N2O2/c1-7-21(8-2)19(15(13-20)16(22)23-9-3)12-14-10-11-18(19,6)17(14,4)5/h14-15H,7-13,20H2,1-6H3/t14-,15+,18-,19+/m1/s1. The molecule has 0 saturated heterocycles. The molecule has 2 saturated carbocycles. The predicted octanol–water partition coefficient (Wildman–Crippen LogP) is 3.05. The Bertz CT molecular complexity index is 447.